The molecule has 2 aromatic carbocycles. The van der Waals surface area contributed by atoms with Crippen molar-refractivity contribution >= 4 is 5.91 Å². The van der Waals surface area contributed by atoms with Crippen LogP contribution in [0.3, 0.4) is 0 Å². The van der Waals surface area contributed by atoms with Crippen molar-refractivity contribution in [1.82, 2.24) is 4.98 Å². The first-order valence-electron chi connectivity index (χ1n) is 7.85. The molecule has 132 valence electrons. The molecule has 6 heteroatoms. The third kappa shape index (κ3) is 3.02. The minimum Gasteiger partial charge on any atom is -0.481 e. The number of halogens is 1. The van der Waals surface area contributed by atoms with Gasteiger partial charge in [0.25, 0.3) is 5.91 Å². The molecule has 0 saturated carbocycles. The molecule has 1 aromatic heterocycles. The zero-order valence-electron chi connectivity index (χ0n) is 14.0. The van der Waals surface area contributed by atoms with Gasteiger partial charge in [0.05, 0.1) is 13.3 Å². The molecule has 1 atom stereocenters. The molecule has 0 fully saturated rings. The second-order valence-electron chi connectivity index (χ2n) is 5.73. The summed E-state index contributed by atoms with van der Waals surface area (Å²) in [7, 11) is 1.44. The molecule has 3 N–H and O–H groups in total. The van der Waals surface area contributed by atoms with Gasteiger partial charge in [0.2, 0.25) is 5.88 Å². The third-order valence-corrected chi connectivity index (χ3v) is 4.17. The minimum absolute atomic E-state index is 0.271. The van der Waals surface area contributed by atoms with Gasteiger partial charge in [-0.3, -0.25) is 4.79 Å². The van der Waals surface area contributed by atoms with Crippen molar-refractivity contribution in [3.05, 3.63) is 83.8 Å². The number of benzene rings is 2. The summed E-state index contributed by atoms with van der Waals surface area (Å²) in [5.41, 5.74) is 5.27. The summed E-state index contributed by atoms with van der Waals surface area (Å²) in [5.74, 6) is -1.11. The Morgan fingerprint density at radius 1 is 1.12 bits per heavy atom. The van der Waals surface area contributed by atoms with Crippen LogP contribution in [0.1, 0.15) is 11.1 Å². The minimum atomic E-state index is -1.97. The van der Waals surface area contributed by atoms with Gasteiger partial charge in [-0.05, 0) is 22.8 Å². The smallest absolute Gasteiger partial charge is 0.258 e. The molecule has 1 heterocycles. The van der Waals surface area contributed by atoms with E-state index in [1.165, 1.54) is 13.2 Å². The van der Waals surface area contributed by atoms with E-state index in [0.717, 1.165) is 6.20 Å². The number of aliphatic hydroxyl groups is 1. The van der Waals surface area contributed by atoms with Gasteiger partial charge in [-0.15, -0.1) is 0 Å². The first-order chi connectivity index (χ1) is 12.5. The maximum Gasteiger partial charge on any atom is 0.258 e. The third-order valence-electron chi connectivity index (χ3n) is 4.17. The Kier molecular flexibility index (Phi) is 4.69. The van der Waals surface area contributed by atoms with Crippen molar-refractivity contribution in [3.63, 3.8) is 0 Å². The number of carbonyl (C=O) groups is 1. The molecule has 5 nitrogen and oxygen atoms in total. The number of aromatic nitrogens is 1. The van der Waals surface area contributed by atoms with Crippen molar-refractivity contribution in [2.24, 2.45) is 5.73 Å². The largest absolute Gasteiger partial charge is 0.481 e. The average molecular weight is 352 g/mol. The van der Waals surface area contributed by atoms with Crippen LogP contribution in [0.25, 0.3) is 11.1 Å². The number of carbonyl (C=O) groups excluding carboxylic acids is 1. The van der Waals surface area contributed by atoms with E-state index in [1.807, 2.05) is 0 Å². The Bertz CT molecular complexity index is 930. The lowest BCUT2D eigenvalue weighted by Crippen LogP contribution is -2.42. The molecular formula is C20H17FN2O3. The van der Waals surface area contributed by atoms with E-state index in [-0.39, 0.29) is 5.88 Å². The van der Waals surface area contributed by atoms with Gasteiger partial charge in [-0.25, -0.2) is 9.37 Å². The summed E-state index contributed by atoms with van der Waals surface area (Å²) in [5, 5.41) is 11.0. The lowest BCUT2D eigenvalue weighted by molar-refractivity contribution is -0.133. The quantitative estimate of drug-likeness (QED) is 0.739. The zero-order valence-corrected chi connectivity index (χ0v) is 14.0. The molecule has 1 unspecified atom stereocenters. The van der Waals surface area contributed by atoms with Gasteiger partial charge in [-0.2, -0.15) is 0 Å². The van der Waals surface area contributed by atoms with Gasteiger partial charge < -0.3 is 15.6 Å². The molecule has 1 amide bonds. The Morgan fingerprint density at radius 2 is 1.73 bits per heavy atom. The van der Waals surface area contributed by atoms with Crippen LogP contribution in [0.4, 0.5) is 4.39 Å². The SMILES string of the molecule is COc1ncc(F)cc1-c1ccc(C(O)(C(N)=O)c2ccccc2)cc1. The van der Waals surface area contributed by atoms with Gasteiger partial charge in [-0.1, -0.05) is 54.6 Å². The number of nitrogens with two attached hydrogens (primary N) is 1. The lowest BCUT2D eigenvalue weighted by atomic mass is 9.85. The van der Waals surface area contributed by atoms with Gasteiger partial charge in [0.1, 0.15) is 5.82 Å². The summed E-state index contributed by atoms with van der Waals surface area (Å²) in [4.78, 5) is 15.9. The number of hydrogen-bond donors (Lipinski definition) is 2. The fourth-order valence-corrected chi connectivity index (χ4v) is 2.82. The Hall–Kier alpha value is -3.25. The van der Waals surface area contributed by atoms with Crippen LogP contribution in [0.15, 0.2) is 66.9 Å². The van der Waals surface area contributed by atoms with E-state index in [2.05, 4.69) is 4.98 Å². The number of amides is 1. The van der Waals surface area contributed by atoms with Crippen LogP contribution in [0.5, 0.6) is 5.88 Å². The standard InChI is InChI=1S/C20H17FN2O3/c1-26-18-17(11-16(21)12-23-18)13-7-9-15(10-8-13)20(25,19(22)24)14-5-3-2-4-6-14/h2-12,25H,1H3,(H2,22,24). The molecule has 0 bridgehead atoms. The molecule has 0 spiro atoms. The van der Waals surface area contributed by atoms with Crippen LogP contribution in [-0.4, -0.2) is 23.1 Å². The van der Waals surface area contributed by atoms with Gasteiger partial charge in [0.15, 0.2) is 5.60 Å². The summed E-state index contributed by atoms with van der Waals surface area (Å²) < 4.78 is 18.7. The molecule has 3 aromatic rings. The molecule has 0 saturated heterocycles. The van der Waals surface area contributed by atoms with Crippen LogP contribution < -0.4 is 10.5 Å². The molecule has 0 aliphatic heterocycles. The second kappa shape index (κ2) is 6.93. The van der Waals surface area contributed by atoms with Crippen LogP contribution in [0, 0.1) is 5.82 Å². The van der Waals surface area contributed by atoms with E-state index in [1.54, 1.807) is 54.6 Å². The van der Waals surface area contributed by atoms with Gasteiger partial charge in [0, 0.05) is 5.56 Å². The van der Waals surface area contributed by atoms with E-state index < -0.39 is 17.3 Å². The predicted octanol–water partition coefficient (Wildman–Crippen LogP) is 2.62. The van der Waals surface area contributed by atoms with Crippen molar-refractivity contribution in [1.29, 1.82) is 0 Å². The molecule has 3 rings (SSSR count). The van der Waals surface area contributed by atoms with Crippen LogP contribution in [0.2, 0.25) is 0 Å². The van der Waals surface area contributed by atoms with Gasteiger partial charge >= 0.3 is 0 Å². The predicted molar refractivity (Wildman–Crippen MR) is 94.8 cm³/mol. The highest BCUT2D eigenvalue weighted by Crippen LogP contribution is 2.33. The summed E-state index contributed by atoms with van der Waals surface area (Å²) in [6.07, 6.45) is 1.07. The summed E-state index contributed by atoms with van der Waals surface area (Å²) in [6.45, 7) is 0. The highest BCUT2D eigenvalue weighted by Gasteiger charge is 2.38. The fraction of sp³-hybridized carbons (Fsp3) is 0.100. The van der Waals surface area contributed by atoms with Crippen molar-refractivity contribution in [2.75, 3.05) is 7.11 Å². The van der Waals surface area contributed by atoms with Crippen LogP contribution in [-0.2, 0) is 10.4 Å². The maximum absolute atomic E-state index is 13.5. The highest BCUT2D eigenvalue weighted by molar-refractivity contribution is 5.88. The second-order valence-corrected chi connectivity index (χ2v) is 5.73. The molecular weight excluding hydrogens is 335 g/mol. The summed E-state index contributed by atoms with van der Waals surface area (Å²) >= 11 is 0. The monoisotopic (exact) mass is 352 g/mol. The molecule has 0 radical (unpaired) electrons. The van der Waals surface area contributed by atoms with Crippen molar-refractivity contribution in [3.8, 4) is 17.0 Å². The van der Waals surface area contributed by atoms with Crippen molar-refractivity contribution < 1.29 is 19.0 Å². The number of pyridine rings is 1. The topological polar surface area (TPSA) is 85.4 Å². The fourth-order valence-electron chi connectivity index (χ4n) is 2.82. The number of methoxy groups -OCH3 is 1. The Labute approximate surface area is 149 Å². The lowest BCUT2D eigenvalue weighted by Gasteiger charge is -2.26. The number of rotatable bonds is 5. The van der Waals surface area contributed by atoms with Crippen molar-refractivity contribution in [2.45, 2.75) is 5.60 Å². The van der Waals surface area contributed by atoms with E-state index in [4.69, 9.17) is 10.5 Å². The first kappa shape index (κ1) is 17.6. The Morgan fingerprint density at radius 3 is 2.31 bits per heavy atom. The average Bonchev–Trinajstić information content (AvgIpc) is 2.68. The van der Waals surface area contributed by atoms with E-state index >= 15 is 0 Å². The Balaban J connectivity index is 2.07. The summed E-state index contributed by atoms with van der Waals surface area (Å²) in [6, 6.07) is 16.2. The normalized spacial score (nSPS) is 13.0. The first-order valence-corrected chi connectivity index (χ1v) is 7.85. The number of nitrogens with zero attached hydrogens (tertiary/aromatic N) is 1. The van der Waals surface area contributed by atoms with Crippen LogP contribution >= 0.6 is 0 Å². The number of hydrogen-bond acceptors (Lipinski definition) is 4. The van der Waals surface area contributed by atoms with E-state index in [0.29, 0.717) is 22.3 Å². The van der Waals surface area contributed by atoms with E-state index in [9.17, 15) is 14.3 Å². The highest BCUT2D eigenvalue weighted by atomic mass is 19.1. The zero-order chi connectivity index (χ0) is 18.7. The number of primary amides is 1. The molecule has 0 aliphatic rings. The number of ether oxygens (including phenoxy) is 1. The maximum atomic E-state index is 13.5. The molecule has 26 heavy (non-hydrogen) atoms. The molecule has 0 aliphatic carbocycles.